The number of hydrogen-bond donors (Lipinski definition) is 1. The third kappa shape index (κ3) is 3.79. The molecule has 0 saturated carbocycles. The Balaban J connectivity index is 1.83. The molecule has 0 aliphatic heterocycles. The third-order valence-corrected chi connectivity index (χ3v) is 2.92. The maximum atomic E-state index is 5.64. The Kier molecular flexibility index (Phi) is 5.52. The maximum Gasteiger partial charge on any atom is 0.119 e. The van der Waals surface area contributed by atoms with Gasteiger partial charge in [0.25, 0.3) is 0 Å². The highest BCUT2D eigenvalue weighted by atomic mass is 16.5. The van der Waals surface area contributed by atoms with Gasteiger partial charge >= 0.3 is 0 Å². The molecule has 1 heterocycles. The van der Waals surface area contributed by atoms with E-state index >= 15 is 0 Å². The molecule has 0 spiro atoms. The van der Waals surface area contributed by atoms with Crippen LogP contribution in [-0.2, 0) is 24.4 Å². The molecule has 108 valence electrons. The van der Waals surface area contributed by atoms with Crippen LogP contribution in [-0.4, -0.2) is 28.7 Å². The van der Waals surface area contributed by atoms with Gasteiger partial charge in [-0.05, 0) is 12.1 Å². The van der Waals surface area contributed by atoms with Crippen molar-refractivity contribution in [2.24, 2.45) is 5.73 Å². The molecule has 0 fully saturated rings. The molecule has 1 aromatic carbocycles. The number of benzene rings is 1. The molecule has 2 rings (SSSR count). The molecule has 0 atom stereocenters. The molecule has 0 radical (unpaired) electrons. The lowest BCUT2D eigenvalue weighted by Crippen LogP contribution is -2.11. The van der Waals surface area contributed by atoms with Gasteiger partial charge in [-0.3, -0.25) is 0 Å². The van der Waals surface area contributed by atoms with Crippen molar-refractivity contribution in [3.05, 3.63) is 41.7 Å². The minimum atomic E-state index is 0.374. The van der Waals surface area contributed by atoms with Gasteiger partial charge in [0.15, 0.2) is 0 Å². The zero-order valence-corrected chi connectivity index (χ0v) is 11.7. The first kappa shape index (κ1) is 14.5. The van der Waals surface area contributed by atoms with Crippen LogP contribution in [0.3, 0.4) is 0 Å². The first-order valence-electron chi connectivity index (χ1n) is 6.63. The SMILES string of the molecule is COCc1c(CN)nnn1CCCOc1ccccc1. The van der Waals surface area contributed by atoms with Crippen molar-refractivity contribution in [3.63, 3.8) is 0 Å². The Morgan fingerprint density at radius 1 is 1.25 bits per heavy atom. The minimum absolute atomic E-state index is 0.374. The summed E-state index contributed by atoms with van der Waals surface area (Å²) in [5, 5.41) is 8.16. The summed E-state index contributed by atoms with van der Waals surface area (Å²) in [6.07, 6.45) is 0.846. The van der Waals surface area contributed by atoms with E-state index in [0.717, 1.165) is 30.1 Å². The van der Waals surface area contributed by atoms with Crippen molar-refractivity contribution >= 4 is 0 Å². The fourth-order valence-corrected chi connectivity index (χ4v) is 1.92. The summed E-state index contributed by atoms with van der Waals surface area (Å²) in [6.45, 7) is 2.21. The van der Waals surface area contributed by atoms with Crippen LogP contribution in [0.2, 0.25) is 0 Å². The summed E-state index contributed by atoms with van der Waals surface area (Å²) in [6, 6.07) is 9.76. The van der Waals surface area contributed by atoms with E-state index in [1.54, 1.807) is 7.11 Å². The summed E-state index contributed by atoms with van der Waals surface area (Å²) < 4.78 is 12.6. The van der Waals surface area contributed by atoms with Crippen LogP contribution in [0.25, 0.3) is 0 Å². The summed E-state index contributed by atoms with van der Waals surface area (Å²) in [5.74, 6) is 0.880. The zero-order valence-electron chi connectivity index (χ0n) is 11.7. The van der Waals surface area contributed by atoms with E-state index in [1.165, 1.54) is 0 Å². The summed E-state index contributed by atoms with van der Waals surface area (Å²) in [5.41, 5.74) is 7.36. The molecule has 2 N–H and O–H groups in total. The Labute approximate surface area is 118 Å². The molecule has 0 bridgehead atoms. The van der Waals surface area contributed by atoms with Gasteiger partial charge in [-0.25, -0.2) is 4.68 Å². The summed E-state index contributed by atoms with van der Waals surface area (Å²) in [7, 11) is 1.65. The minimum Gasteiger partial charge on any atom is -0.494 e. The number of rotatable bonds is 8. The van der Waals surface area contributed by atoms with Gasteiger partial charge in [0.2, 0.25) is 0 Å². The van der Waals surface area contributed by atoms with Crippen molar-refractivity contribution < 1.29 is 9.47 Å². The van der Waals surface area contributed by atoms with Gasteiger partial charge in [-0.15, -0.1) is 5.10 Å². The lowest BCUT2D eigenvalue weighted by Gasteiger charge is -2.08. The third-order valence-electron chi connectivity index (χ3n) is 2.92. The normalized spacial score (nSPS) is 10.7. The number of aryl methyl sites for hydroxylation is 1. The highest BCUT2D eigenvalue weighted by molar-refractivity contribution is 5.20. The maximum absolute atomic E-state index is 5.64. The smallest absolute Gasteiger partial charge is 0.119 e. The molecule has 6 heteroatoms. The fraction of sp³-hybridized carbons (Fsp3) is 0.429. The monoisotopic (exact) mass is 276 g/mol. The van der Waals surface area contributed by atoms with Crippen molar-refractivity contribution in [1.29, 1.82) is 0 Å². The van der Waals surface area contributed by atoms with E-state index in [0.29, 0.717) is 19.8 Å². The van der Waals surface area contributed by atoms with E-state index in [9.17, 15) is 0 Å². The second-order valence-electron chi connectivity index (χ2n) is 4.36. The van der Waals surface area contributed by atoms with Crippen LogP contribution in [0.5, 0.6) is 5.75 Å². The summed E-state index contributed by atoms with van der Waals surface area (Å²) in [4.78, 5) is 0. The van der Waals surface area contributed by atoms with E-state index in [1.807, 2.05) is 35.0 Å². The lowest BCUT2D eigenvalue weighted by molar-refractivity contribution is 0.174. The number of methoxy groups -OCH3 is 1. The number of aromatic nitrogens is 3. The van der Waals surface area contributed by atoms with Crippen LogP contribution in [0.1, 0.15) is 17.8 Å². The number of para-hydroxylation sites is 1. The zero-order chi connectivity index (χ0) is 14.2. The van der Waals surface area contributed by atoms with Gasteiger partial charge in [0.1, 0.15) is 11.4 Å². The Hall–Kier alpha value is -1.92. The Morgan fingerprint density at radius 2 is 2.05 bits per heavy atom. The predicted octanol–water partition coefficient (Wildman–Crippen LogP) is 1.35. The Morgan fingerprint density at radius 3 is 2.75 bits per heavy atom. The second-order valence-corrected chi connectivity index (χ2v) is 4.36. The van der Waals surface area contributed by atoms with E-state index in [2.05, 4.69) is 10.3 Å². The number of ether oxygens (including phenoxy) is 2. The molecule has 0 saturated heterocycles. The largest absolute Gasteiger partial charge is 0.494 e. The molecule has 0 unspecified atom stereocenters. The van der Waals surface area contributed by atoms with E-state index in [-0.39, 0.29) is 0 Å². The van der Waals surface area contributed by atoms with Gasteiger partial charge in [-0.2, -0.15) is 0 Å². The quantitative estimate of drug-likeness (QED) is 0.737. The Bertz CT molecular complexity index is 513. The van der Waals surface area contributed by atoms with Crippen molar-refractivity contribution in [2.75, 3.05) is 13.7 Å². The van der Waals surface area contributed by atoms with Gasteiger partial charge < -0.3 is 15.2 Å². The molecule has 0 aliphatic carbocycles. The average molecular weight is 276 g/mol. The number of hydrogen-bond acceptors (Lipinski definition) is 5. The topological polar surface area (TPSA) is 75.2 Å². The summed E-state index contributed by atoms with van der Waals surface area (Å²) >= 11 is 0. The molecule has 0 amide bonds. The van der Waals surface area contributed by atoms with Gasteiger partial charge in [0.05, 0.1) is 18.9 Å². The first-order valence-corrected chi connectivity index (χ1v) is 6.63. The van der Waals surface area contributed by atoms with Crippen LogP contribution >= 0.6 is 0 Å². The predicted molar refractivity (Wildman–Crippen MR) is 75.2 cm³/mol. The standard InChI is InChI=1S/C14H20N4O2/c1-19-11-14-13(10-15)16-17-18(14)8-5-9-20-12-6-3-2-4-7-12/h2-4,6-7H,5,8-11,15H2,1H3. The van der Waals surface area contributed by atoms with Crippen molar-refractivity contribution in [1.82, 2.24) is 15.0 Å². The first-order chi connectivity index (χ1) is 9.85. The molecule has 1 aromatic heterocycles. The van der Waals surface area contributed by atoms with Crippen LogP contribution in [0, 0.1) is 0 Å². The van der Waals surface area contributed by atoms with Gasteiger partial charge in [-0.1, -0.05) is 23.4 Å². The van der Waals surface area contributed by atoms with Crippen molar-refractivity contribution in [3.8, 4) is 5.75 Å². The highest BCUT2D eigenvalue weighted by Gasteiger charge is 2.10. The molecular weight excluding hydrogens is 256 g/mol. The lowest BCUT2D eigenvalue weighted by atomic mass is 10.3. The highest BCUT2D eigenvalue weighted by Crippen LogP contribution is 2.10. The fourth-order valence-electron chi connectivity index (χ4n) is 1.92. The van der Waals surface area contributed by atoms with Crippen LogP contribution in [0.15, 0.2) is 30.3 Å². The van der Waals surface area contributed by atoms with Crippen molar-refractivity contribution in [2.45, 2.75) is 26.1 Å². The average Bonchev–Trinajstić information content (AvgIpc) is 2.87. The molecule has 20 heavy (non-hydrogen) atoms. The molecule has 6 nitrogen and oxygen atoms in total. The van der Waals surface area contributed by atoms with E-state index in [4.69, 9.17) is 15.2 Å². The number of nitrogens with two attached hydrogens (primary N) is 1. The van der Waals surface area contributed by atoms with Gasteiger partial charge in [0, 0.05) is 26.6 Å². The molecule has 0 aliphatic rings. The van der Waals surface area contributed by atoms with E-state index < -0.39 is 0 Å². The second kappa shape index (κ2) is 7.62. The molecule has 2 aromatic rings. The number of nitrogens with zero attached hydrogens (tertiary/aromatic N) is 3. The van der Waals surface area contributed by atoms with Crippen LogP contribution in [0.4, 0.5) is 0 Å². The van der Waals surface area contributed by atoms with Crippen LogP contribution < -0.4 is 10.5 Å². The molecular formula is C14H20N4O2.